The molecule has 1 aromatic rings. The largest absolute Gasteiger partial charge is 0.419 e. The second-order valence-electron chi connectivity index (χ2n) is 4.13. The molecule has 0 radical (unpaired) electrons. The second kappa shape index (κ2) is 5.67. The van der Waals surface area contributed by atoms with Crippen LogP contribution in [0, 0.1) is 5.82 Å². The highest BCUT2D eigenvalue weighted by atomic mass is 19.4. The average molecular weight is 266 g/mol. The second-order valence-corrected chi connectivity index (χ2v) is 4.13. The molecule has 1 aromatic carbocycles. The van der Waals surface area contributed by atoms with Gasteiger partial charge in [-0.3, -0.25) is 0 Å². The van der Waals surface area contributed by atoms with Gasteiger partial charge < -0.3 is 9.84 Å². The minimum Gasteiger partial charge on any atom is -0.386 e. The van der Waals surface area contributed by atoms with Crippen LogP contribution in [0.15, 0.2) is 18.2 Å². The van der Waals surface area contributed by atoms with Crippen LogP contribution in [-0.2, 0) is 10.9 Å². The van der Waals surface area contributed by atoms with Crippen LogP contribution in [-0.4, -0.2) is 17.8 Å². The van der Waals surface area contributed by atoms with Crippen LogP contribution < -0.4 is 0 Å². The summed E-state index contributed by atoms with van der Waals surface area (Å²) in [6.07, 6.45) is -6.14. The number of rotatable bonds is 4. The van der Waals surface area contributed by atoms with Gasteiger partial charge in [-0.1, -0.05) is 6.07 Å². The van der Waals surface area contributed by atoms with E-state index in [-0.39, 0.29) is 18.3 Å². The molecule has 0 aliphatic heterocycles. The molecule has 0 bridgehead atoms. The zero-order chi connectivity index (χ0) is 13.9. The molecule has 1 N–H and O–H groups in total. The van der Waals surface area contributed by atoms with E-state index in [1.807, 2.05) is 0 Å². The molecule has 2 nitrogen and oxygen atoms in total. The van der Waals surface area contributed by atoms with Gasteiger partial charge in [-0.2, -0.15) is 13.2 Å². The molecule has 0 aliphatic carbocycles. The molecule has 0 aliphatic rings. The predicted molar refractivity (Wildman–Crippen MR) is 57.4 cm³/mol. The maximum absolute atomic E-state index is 13.0. The Morgan fingerprint density at radius 2 is 1.89 bits per heavy atom. The van der Waals surface area contributed by atoms with E-state index < -0.39 is 23.7 Å². The molecule has 0 fully saturated rings. The summed E-state index contributed by atoms with van der Waals surface area (Å²) in [7, 11) is 0. The first kappa shape index (κ1) is 14.9. The van der Waals surface area contributed by atoms with Crippen molar-refractivity contribution in [2.45, 2.75) is 32.2 Å². The van der Waals surface area contributed by atoms with Crippen LogP contribution in [0.3, 0.4) is 0 Å². The highest BCUT2D eigenvalue weighted by Gasteiger charge is 2.34. The van der Waals surface area contributed by atoms with Crippen molar-refractivity contribution in [3.8, 4) is 0 Å². The van der Waals surface area contributed by atoms with Crippen molar-refractivity contribution in [1.29, 1.82) is 0 Å². The molecule has 1 atom stereocenters. The van der Waals surface area contributed by atoms with Gasteiger partial charge >= 0.3 is 6.18 Å². The highest BCUT2D eigenvalue weighted by Crippen LogP contribution is 2.33. The normalized spacial score (nSPS) is 14.0. The third-order valence-electron chi connectivity index (χ3n) is 2.27. The van der Waals surface area contributed by atoms with Crippen molar-refractivity contribution in [1.82, 2.24) is 0 Å². The molecule has 1 rings (SSSR count). The van der Waals surface area contributed by atoms with Crippen molar-refractivity contribution in [3.63, 3.8) is 0 Å². The Hall–Kier alpha value is -1.14. The monoisotopic (exact) mass is 266 g/mol. The van der Waals surface area contributed by atoms with Crippen LogP contribution in [0.2, 0.25) is 0 Å². The lowest BCUT2D eigenvalue weighted by Crippen LogP contribution is -2.14. The summed E-state index contributed by atoms with van der Waals surface area (Å²) in [4.78, 5) is 0. The fourth-order valence-electron chi connectivity index (χ4n) is 1.35. The minimum atomic E-state index is -4.78. The van der Waals surface area contributed by atoms with Crippen LogP contribution >= 0.6 is 0 Å². The van der Waals surface area contributed by atoms with E-state index in [0.29, 0.717) is 12.1 Å². The van der Waals surface area contributed by atoms with E-state index >= 15 is 0 Å². The topological polar surface area (TPSA) is 29.5 Å². The van der Waals surface area contributed by atoms with E-state index in [2.05, 4.69) is 0 Å². The minimum absolute atomic E-state index is 0.0237. The van der Waals surface area contributed by atoms with Crippen molar-refractivity contribution in [3.05, 3.63) is 35.1 Å². The molecule has 1 unspecified atom stereocenters. The number of ether oxygens (including phenoxy) is 1. The predicted octanol–water partition coefficient (Wildman–Crippen LogP) is 3.30. The van der Waals surface area contributed by atoms with Crippen molar-refractivity contribution < 1.29 is 27.4 Å². The van der Waals surface area contributed by atoms with Crippen molar-refractivity contribution in [2.24, 2.45) is 0 Å². The number of hydrogen-bond acceptors (Lipinski definition) is 2. The third kappa shape index (κ3) is 3.96. The van der Waals surface area contributed by atoms with Crippen molar-refractivity contribution in [2.75, 3.05) is 6.61 Å². The van der Waals surface area contributed by atoms with Crippen LogP contribution in [0.25, 0.3) is 0 Å². The van der Waals surface area contributed by atoms with E-state index in [9.17, 15) is 22.7 Å². The number of aliphatic hydroxyl groups is 1. The number of halogens is 4. The summed E-state index contributed by atoms with van der Waals surface area (Å²) in [6, 6.07) is 2.40. The van der Waals surface area contributed by atoms with E-state index in [0.717, 1.165) is 6.07 Å². The molecule has 6 heteroatoms. The summed E-state index contributed by atoms with van der Waals surface area (Å²) in [5.41, 5.74) is -1.41. The summed E-state index contributed by atoms with van der Waals surface area (Å²) in [6.45, 7) is 3.33. The average Bonchev–Trinajstić information content (AvgIpc) is 2.24. The Bertz CT molecular complexity index is 402. The van der Waals surface area contributed by atoms with Gasteiger partial charge in [0.15, 0.2) is 0 Å². The fourth-order valence-corrected chi connectivity index (χ4v) is 1.35. The summed E-state index contributed by atoms with van der Waals surface area (Å²) < 4.78 is 55.5. The Kier molecular flexibility index (Phi) is 4.70. The maximum Gasteiger partial charge on any atom is 0.419 e. The first-order valence-corrected chi connectivity index (χ1v) is 5.38. The maximum atomic E-state index is 13.0. The fraction of sp³-hybridized carbons (Fsp3) is 0.500. The third-order valence-corrected chi connectivity index (χ3v) is 2.27. The van der Waals surface area contributed by atoms with E-state index in [4.69, 9.17) is 4.74 Å². The van der Waals surface area contributed by atoms with E-state index in [1.165, 1.54) is 0 Å². The highest BCUT2D eigenvalue weighted by molar-refractivity contribution is 5.28. The molecule has 18 heavy (non-hydrogen) atoms. The number of benzene rings is 1. The lowest BCUT2D eigenvalue weighted by molar-refractivity contribution is -0.140. The molecule has 0 saturated heterocycles. The lowest BCUT2D eigenvalue weighted by Gasteiger charge is -2.16. The first-order chi connectivity index (χ1) is 8.21. The van der Waals surface area contributed by atoms with Gasteiger partial charge in [-0.25, -0.2) is 4.39 Å². The molecule has 0 heterocycles. The molecular weight excluding hydrogens is 252 g/mol. The van der Waals surface area contributed by atoms with Crippen LogP contribution in [0.1, 0.15) is 31.1 Å². The number of alkyl halides is 3. The van der Waals surface area contributed by atoms with Gasteiger partial charge in [0, 0.05) is 0 Å². The number of aliphatic hydroxyl groups excluding tert-OH is 1. The standard InChI is InChI=1S/C12H14F4O2/c1-7(2)18-6-11(17)8-3-4-10(13)9(5-8)12(14,15)16/h3-5,7,11,17H,6H2,1-2H3. The van der Waals surface area contributed by atoms with Gasteiger partial charge in [-0.05, 0) is 31.5 Å². The van der Waals surface area contributed by atoms with Gasteiger partial charge in [0.2, 0.25) is 0 Å². The first-order valence-electron chi connectivity index (χ1n) is 5.38. The Balaban J connectivity index is 2.91. The van der Waals surface area contributed by atoms with Gasteiger partial charge in [0.1, 0.15) is 11.9 Å². The lowest BCUT2D eigenvalue weighted by atomic mass is 10.1. The summed E-state index contributed by atoms with van der Waals surface area (Å²) >= 11 is 0. The summed E-state index contributed by atoms with van der Waals surface area (Å²) in [5, 5.41) is 9.64. The molecule has 102 valence electrons. The zero-order valence-corrected chi connectivity index (χ0v) is 9.96. The molecule has 0 spiro atoms. The molecule has 0 aromatic heterocycles. The van der Waals surface area contributed by atoms with Gasteiger partial charge in [0.05, 0.1) is 18.3 Å². The quantitative estimate of drug-likeness (QED) is 0.847. The Morgan fingerprint density at radius 3 is 2.39 bits per heavy atom. The summed E-state index contributed by atoms with van der Waals surface area (Å²) in [5.74, 6) is -1.36. The van der Waals surface area contributed by atoms with Crippen LogP contribution in [0.4, 0.5) is 17.6 Å². The Labute approximate surface area is 102 Å². The molecular formula is C12H14F4O2. The van der Waals surface area contributed by atoms with E-state index in [1.54, 1.807) is 13.8 Å². The zero-order valence-electron chi connectivity index (χ0n) is 9.96. The Morgan fingerprint density at radius 1 is 1.28 bits per heavy atom. The smallest absolute Gasteiger partial charge is 0.386 e. The van der Waals surface area contributed by atoms with Crippen LogP contribution in [0.5, 0.6) is 0 Å². The SMILES string of the molecule is CC(C)OCC(O)c1ccc(F)c(C(F)(F)F)c1. The van der Waals surface area contributed by atoms with Gasteiger partial charge in [0.25, 0.3) is 0 Å². The van der Waals surface area contributed by atoms with Crippen molar-refractivity contribution >= 4 is 0 Å². The molecule has 0 amide bonds. The molecule has 0 saturated carbocycles. The number of hydrogen-bond donors (Lipinski definition) is 1. The van der Waals surface area contributed by atoms with Gasteiger partial charge in [-0.15, -0.1) is 0 Å².